The number of nitrogens with one attached hydrogen (secondary N) is 1. The van der Waals surface area contributed by atoms with Crippen LogP contribution in [0.5, 0.6) is 17.2 Å². The summed E-state index contributed by atoms with van der Waals surface area (Å²) in [5, 5.41) is 4.86. The first-order valence-electron chi connectivity index (χ1n) is 10.9. The highest BCUT2D eigenvalue weighted by Crippen LogP contribution is 2.36. The van der Waals surface area contributed by atoms with Crippen molar-refractivity contribution in [1.29, 1.82) is 0 Å². The van der Waals surface area contributed by atoms with Crippen molar-refractivity contribution in [1.82, 2.24) is 0 Å². The third-order valence-electron chi connectivity index (χ3n) is 5.70. The average molecular weight is 532 g/mol. The van der Waals surface area contributed by atoms with Crippen LogP contribution in [-0.2, 0) is 6.61 Å². The first-order valence-corrected chi connectivity index (χ1v) is 11.7. The Kier molecular flexibility index (Phi) is 6.33. The summed E-state index contributed by atoms with van der Waals surface area (Å²) in [6.07, 6.45) is 0. The molecule has 176 valence electrons. The van der Waals surface area contributed by atoms with Gasteiger partial charge in [-0.1, -0.05) is 34.1 Å². The predicted octanol–water partition coefficient (Wildman–Crippen LogP) is 7.20. The maximum atomic E-state index is 13.2. The lowest BCUT2D eigenvalue weighted by molar-refractivity contribution is 0.102. The molecule has 0 radical (unpaired) electrons. The smallest absolute Gasteiger partial charge is 0.255 e. The number of hydrogen-bond donors (Lipinski definition) is 1. The normalized spacial score (nSPS) is 10.9. The highest BCUT2D eigenvalue weighted by atomic mass is 79.9. The van der Waals surface area contributed by atoms with Crippen molar-refractivity contribution < 1.29 is 23.4 Å². The SMILES string of the molecule is COc1ccc(C(=O)Nc2cc3oc4ccccc4c3cc2OC)cc1COc1ccc(Br)cc1. The largest absolute Gasteiger partial charge is 0.496 e. The van der Waals surface area contributed by atoms with Gasteiger partial charge in [-0.05, 0) is 54.6 Å². The second kappa shape index (κ2) is 9.72. The van der Waals surface area contributed by atoms with Crippen LogP contribution in [0.3, 0.4) is 0 Å². The average Bonchev–Trinajstić information content (AvgIpc) is 3.25. The molecule has 0 unspecified atom stereocenters. The number of carbonyl (C=O) groups excluding carboxylic acids is 1. The summed E-state index contributed by atoms with van der Waals surface area (Å²) in [7, 11) is 3.16. The van der Waals surface area contributed by atoms with Crippen LogP contribution >= 0.6 is 15.9 Å². The minimum atomic E-state index is -0.286. The Morgan fingerprint density at radius 1 is 0.857 bits per heavy atom. The number of furan rings is 1. The zero-order valence-corrected chi connectivity index (χ0v) is 20.7. The zero-order valence-electron chi connectivity index (χ0n) is 19.1. The molecule has 0 atom stereocenters. The number of methoxy groups -OCH3 is 2. The van der Waals surface area contributed by atoms with E-state index in [0.29, 0.717) is 34.1 Å². The number of amides is 1. The van der Waals surface area contributed by atoms with E-state index in [0.717, 1.165) is 26.4 Å². The highest BCUT2D eigenvalue weighted by molar-refractivity contribution is 9.10. The Labute approximate surface area is 210 Å². The molecule has 6 nitrogen and oxygen atoms in total. The molecule has 35 heavy (non-hydrogen) atoms. The Balaban J connectivity index is 1.41. The molecule has 1 aromatic heterocycles. The van der Waals surface area contributed by atoms with Crippen LogP contribution in [-0.4, -0.2) is 20.1 Å². The fourth-order valence-electron chi connectivity index (χ4n) is 3.94. The van der Waals surface area contributed by atoms with Gasteiger partial charge >= 0.3 is 0 Å². The van der Waals surface area contributed by atoms with Gasteiger partial charge in [-0.3, -0.25) is 4.79 Å². The summed E-state index contributed by atoms with van der Waals surface area (Å²) in [6, 6.07) is 24.2. The molecule has 0 fully saturated rings. The van der Waals surface area contributed by atoms with Gasteiger partial charge in [0.25, 0.3) is 5.91 Å². The number of halogens is 1. The second-order valence-electron chi connectivity index (χ2n) is 7.87. The van der Waals surface area contributed by atoms with Gasteiger partial charge in [0, 0.05) is 32.4 Å². The molecule has 0 aliphatic rings. The van der Waals surface area contributed by atoms with E-state index in [1.165, 1.54) is 0 Å². The fourth-order valence-corrected chi connectivity index (χ4v) is 4.20. The van der Waals surface area contributed by atoms with E-state index in [-0.39, 0.29) is 12.5 Å². The summed E-state index contributed by atoms with van der Waals surface area (Å²) in [5.41, 5.74) is 3.18. The van der Waals surface area contributed by atoms with Crippen molar-refractivity contribution >= 4 is 49.5 Å². The lowest BCUT2D eigenvalue weighted by atomic mass is 10.1. The van der Waals surface area contributed by atoms with E-state index in [1.54, 1.807) is 38.5 Å². The van der Waals surface area contributed by atoms with Crippen molar-refractivity contribution in [3.05, 3.63) is 94.5 Å². The Morgan fingerprint density at radius 3 is 2.40 bits per heavy atom. The summed E-state index contributed by atoms with van der Waals surface area (Å²) in [5.74, 6) is 1.62. The van der Waals surface area contributed by atoms with Gasteiger partial charge in [0.15, 0.2) is 0 Å². The first kappa shape index (κ1) is 22.8. The molecule has 0 bridgehead atoms. The van der Waals surface area contributed by atoms with Crippen LogP contribution < -0.4 is 19.5 Å². The molecular weight excluding hydrogens is 510 g/mol. The summed E-state index contributed by atoms with van der Waals surface area (Å²) in [6.45, 7) is 0.250. The molecule has 0 aliphatic carbocycles. The first-order chi connectivity index (χ1) is 17.1. The molecule has 0 saturated heterocycles. The maximum Gasteiger partial charge on any atom is 0.255 e. The van der Waals surface area contributed by atoms with E-state index in [4.69, 9.17) is 18.6 Å². The molecule has 4 aromatic carbocycles. The van der Waals surface area contributed by atoms with Gasteiger partial charge in [0.1, 0.15) is 35.0 Å². The Hall–Kier alpha value is -3.97. The van der Waals surface area contributed by atoms with Crippen molar-refractivity contribution in [3.63, 3.8) is 0 Å². The van der Waals surface area contributed by atoms with E-state index in [9.17, 15) is 4.79 Å². The van der Waals surface area contributed by atoms with Crippen molar-refractivity contribution in [3.8, 4) is 17.2 Å². The highest BCUT2D eigenvalue weighted by Gasteiger charge is 2.16. The lowest BCUT2D eigenvalue weighted by Crippen LogP contribution is -2.13. The molecule has 0 spiro atoms. The van der Waals surface area contributed by atoms with Gasteiger partial charge in [0.2, 0.25) is 0 Å². The maximum absolute atomic E-state index is 13.2. The molecule has 0 aliphatic heterocycles. The number of ether oxygens (including phenoxy) is 3. The van der Waals surface area contributed by atoms with Crippen molar-refractivity contribution in [2.24, 2.45) is 0 Å². The Morgan fingerprint density at radius 2 is 1.63 bits per heavy atom. The van der Waals surface area contributed by atoms with Crippen LogP contribution in [0.25, 0.3) is 21.9 Å². The molecule has 7 heteroatoms. The number of benzene rings is 4. The van der Waals surface area contributed by atoms with Gasteiger partial charge in [-0.25, -0.2) is 0 Å². The topological polar surface area (TPSA) is 69.9 Å². The third kappa shape index (κ3) is 4.68. The minimum Gasteiger partial charge on any atom is -0.496 e. The molecule has 0 saturated carbocycles. The van der Waals surface area contributed by atoms with Crippen LogP contribution in [0.4, 0.5) is 5.69 Å². The van der Waals surface area contributed by atoms with Crippen LogP contribution in [0.1, 0.15) is 15.9 Å². The third-order valence-corrected chi connectivity index (χ3v) is 6.23. The summed E-state index contributed by atoms with van der Waals surface area (Å²) in [4.78, 5) is 13.2. The van der Waals surface area contributed by atoms with E-state index < -0.39 is 0 Å². The standard InChI is InChI=1S/C28H22BrNO5/c1-32-24-12-7-17(13-18(24)16-34-20-10-8-19(29)9-11-20)28(31)30-23-15-26-22(14-27(23)33-2)21-5-3-4-6-25(21)35-26/h3-15H,16H2,1-2H3,(H,30,31). The van der Waals surface area contributed by atoms with E-state index in [2.05, 4.69) is 21.2 Å². The molecule has 1 N–H and O–H groups in total. The van der Waals surface area contributed by atoms with Crippen LogP contribution in [0.2, 0.25) is 0 Å². The molecular formula is C28H22BrNO5. The van der Waals surface area contributed by atoms with Crippen LogP contribution in [0, 0.1) is 0 Å². The number of anilines is 1. The molecule has 1 amide bonds. The second-order valence-corrected chi connectivity index (χ2v) is 8.79. The van der Waals surface area contributed by atoms with Crippen molar-refractivity contribution in [2.45, 2.75) is 6.61 Å². The summed E-state index contributed by atoms with van der Waals surface area (Å²) >= 11 is 3.41. The van der Waals surface area contributed by atoms with Crippen LogP contribution in [0.15, 0.2) is 87.8 Å². The van der Waals surface area contributed by atoms with Gasteiger partial charge in [-0.15, -0.1) is 0 Å². The fraction of sp³-hybridized carbons (Fsp3) is 0.107. The monoisotopic (exact) mass is 531 g/mol. The minimum absolute atomic E-state index is 0.250. The van der Waals surface area contributed by atoms with Gasteiger partial charge < -0.3 is 23.9 Å². The molecule has 5 rings (SSSR count). The number of hydrogen-bond acceptors (Lipinski definition) is 5. The zero-order chi connectivity index (χ0) is 24.4. The lowest BCUT2D eigenvalue weighted by Gasteiger charge is -2.14. The number of rotatable bonds is 7. The van der Waals surface area contributed by atoms with E-state index in [1.807, 2.05) is 54.6 Å². The molecule has 5 aromatic rings. The quantitative estimate of drug-likeness (QED) is 0.240. The number of fused-ring (bicyclic) bond motifs is 3. The predicted molar refractivity (Wildman–Crippen MR) is 140 cm³/mol. The summed E-state index contributed by atoms with van der Waals surface area (Å²) < 4.78 is 23.9. The number of para-hydroxylation sites is 1. The van der Waals surface area contributed by atoms with Gasteiger partial charge in [-0.2, -0.15) is 0 Å². The number of carbonyl (C=O) groups is 1. The van der Waals surface area contributed by atoms with E-state index >= 15 is 0 Å². The van der Waals surface area contributed by atoms with Crippen molar-refractivity contribution in [2.75, 3.05) is 19.5 Å². The van der Waals surface area contributed by atoms with Gasteiger partial charge in [0.05, 0.1) is 19.9 Å². The molecule has 1 heterocycles. The Bertz CT molecular complexity index is 1520.